The topological polar surface area (TPSA) is 71.3 Å². The Morgan fingerprint density at radius 1 is 1.38 bits per heavy atom. The van der Waals surface area contributed by atoms with Gasteiger partial charge in [-0.25, -0.2) is 0 Å². The monoisotopic (exact) mass is 328 g/mol. The van der Waals surface area contributed by atoms with Gasteiger partial charge in [0, 0.05) is 36.6 Å². The number of amides is 1. The number of hydrogen-bond donors (Lipinski definition) is 1. The predicted octanol–water partition coefficient (Wildman–Crippen LogP) is 2.39. The van der Waals surface area contributed by atoms with Crippen molar-refractivity contribution in [3.8, 4) is 0 Å². The molecule has 0 unspecified atom stereocenters. The molecule has 0 aromatic carbocycles. The minimum Gasteiger partial charge on any atom is -0.361 e. The van der Waals surface area contributed by atoms with Gasteiger partial charge in [-0.1, -0.05) is 5.16 Å². The summed E-state index contributed by atoms with van der Waals surface area (Å²) in [6.45, 7) is 8.52. The van der Waals surface area contributed by atoms with Gasteiger partial charge in [0.2, 0.25) is 0 Å². The zero-order valence-corrected chi connectivity index (χ0v) is 14.5. The highest BCUT2D eigenvalue weighted by molar-refractivity contribution is 5.94. The fourth-order valence-electron chi connectivity index (χ4n) is 3.14. The van der Waals surface area contributed by atoms with Crippen molar-refractivity contribution >= 4 is 5.91 Å². The van der Waals surface area contributed by atoms with E-state index in [2.05, 4.69) is 20.4 Å². The largest absolute Gasteiger partial charge is 0.361 e. The third-order valence-corrected chi connectivity index (χ3v) is 4.58. The first kappa shape index (κ1) is 16.6. The lowest BCUT2D eigenvalue weighted by Gasteiger charge is -2.33. The standard InChI is InChI=1S/C18H24N4O2/c1-12-6-7-15(9-19-12)18(23)20-16-5-4-8-22(10-16)11-17-13(2)21-24-14(17)3/h6-7,9,16H,4-5,8,10-11H2,1-3H3,(H,20,23)/t16-/m1/s1. The number of carbonyl (C=O) groups is 1. The molecule has 0 saturated carbocycles. The first-order valence-electron chi connectivity index (χ1n) is 8.40. The number of pyridine rings is 1. The Hall–Kier alpha value is -2.21. The molecule has 24 heavy (non-hydrogen) atoms. The number of nitrogens with one attached hydrogen (secondary N) is 1. The van der Waals surface area contributed by atoms with Crippen molar-refractivity contribution < 1.29 is 9.32 Å². The Morgan fingerprint density at radius 2 is 2.21 bits per heavy atom. The summed E-state index contributed by atoms with van der Waals surface area (Å²) in [6, 6.07) is 3.84. The van der Waals surface area contributed by atoms with E-state index >= 15 is 0 Å². The molecule has 3 rings (SSSR count). The molecule has 2 aromatic heterocycles. The molecule has 0 aliphatic carbocycles. The van der Waals surface area contributed by atoms with Gasteiger partial charge in [0.25, 0.3) is 5.91 Å². The quantitative estimate of drug-likeness (QED) is 0.933. The van der Waals surface area contributed by atoms with Crippen LogP contribution in [-0.4, -0.2) is 40.1 Å². The number of hydrogen-bond acceptors (Lipinski definition) is 5. The summed E-state index contributed by atoms with van der Waals surface area (Å²) < 4.78 is 5.24. The molecule has 1 saturated heterocycles. The number of aromatic nitrogens is 2. The fraction of sp³-hybridized carbons (Fsp3) is 0.500. The van der Waals surface area contributed by atoms with Crippen LogP contribution in [0, 0.1) is 20.8 Å². The third-order valence-electron chi connectivity index (χ3n) is 4.58. The Labute approximate surface area is 142 Å². The molecule has 6 heteroatoms. The molecule has 1 amide bonds. The van der Waals surface area contributed by atoms with Crippen molar-refractivity contribution in [3.05, 3.63) is 46.6 Å². The zero-order chi connectivity index (χ0) is 17.1. The van der Waals surface area contributed by atoms with Crippen LogP contribution in [0.2, 0.25) is 0 Å². The van der Waals surface area contributed by atoms with Crippen molar-refractivity contribution in [2.24, 2.45) is 0 Å². The molecule has 1 aliphatic rings. The van der Waals surface area contributed by atoms with E-state index in [1.165, 1.54) is 0 Å². The van der Waals surface area contributed by atoms with Crippen LogP contribution in [0.15, 0.2) is 22.9 Å². The van der Waals surface area contributed by atoms with Crippen molar-refractivity contribution in [2.45, 2.75) is 46.2 Å². The molecule has 2 aromatic rings. The van der Waals surface area contributed by atoms with E-state index in [0.29, 0.717) is 5.56 Å². The maximum Gasteiger partial charge on any atom is 0.253 e. The second-order valence-electron chi connectivity index (χ2n) is 6.54. The molecular formula is C18H24N4O2. The molecule has 0 radical (unpaired) electrons. The van der Waals surface area contributed by atoms with Crippen LogP contribution < -0.4 is 5.32 Å². The zero-order valence-electron chi connectivity index (χ0n) is 14.5. The number of piperidine rings is 1. The minimum atomic E-state index is -0.0494. The maximum atomic E-state index is 12.4. The molecular weight excluding hydrogens is 304 g/mol. The lowest BCUT2D eigenvalue weighted by molar-refractivity contribution is 0.0900. The highest BCUT2D eigenvalue weighted by Gasteiger charge is 2.23. The smallest absolute Gasteiger partial charge is 0.253 e. The van der Waals surface area contributed by atoms with E-state index < -0.39 is 0 Å². The average Bonchev–Trinajstić information content (AvgIpc) is 2.88. The SMILES string of the molecule is Cc1ccc(C(=O)N[C@@H]2CCCN(Cc3c(C)noc3C)C2)cn1. The molecule has 1 N–H and O–H groups in total. The molecule has 0 bridgehead atoms. The predicted molar refractivity (Wildman–Crippen MR) is 90.7 cm³/mol. The second kappa shape index (κ2) is 7.13. The fourth-order valence-corrected chi connectivity index (χ4v) is 3.14. The molecule has 3 heterocycles. The Kier molecular flexibility index (Phi) is 4.94. The van der Waals surface area contributed by atoms with Crippen LogP contribution in [0.25, 0.3) is 0 Å². The highest BCUT2D eigenvalue weighted by atomic mass is 16.5. The van der Waals surface area contributed by atoms with E-state index in [1.54, 1.807) is 6.20 Å². The van der Waals surface area contributed by atoms with E-state index in [0.717, 1.165) is 55.2 Å². The van der Waals surface area contributed by atoms with Gasteiger partial charge in [-0.3, -0.25) is 14.7 Å². The van der Waals surface area contributed by atoms with Crippen LogP contribution >= 0.6 is 0 Å². The van der Waals surface area contributed by atoms with Crippen molar-refractivity contribution in [1.29, 1.82) is 0 Å². The second-order valence-corrected chi connectivity index (χ2v) is 6.54. The number of rotatable bonds is 4. The molecule has 1 atom stereocenters. The maximum absolute atomic E-state index is 12.4. The van der Waals surface area contributed by atoms with Crippen LogP contribution in [0.3, 0.4) is 0 Å². The van der Waals surface area contributed by atoms with Gasteiger partial charge in [-0.2, -0.15) is 0 Å². The Bertz CT molecular complexity index is 689. The number of carbonyl (C=O) groups excluding carboxylic acids is 1. The van der Waals surface area contributed by atoms with Crippen LogP contribution in [0.4, 0.5) is 0 Å². The summed E-state index contributed by atoms with van der Waals surface area (Å²) in [4.78, 5) is 18.9. The van der Waals surface area contributed by atoms with Crippen LogP contribution in [0.1, 0.15) is 45.9 Å². The molecule has 6 nitrogen and oxygen atoms in total. The number of nitrogens with zero attached hydrogens (tertiary/aromatic N) is 3. The molecule has 1 fully saturated rings. The highest BCUT2D eigenvalue weighted by Crippen LogP contribution is 2.18. The van der Waals surface area contributed by atoms with Gasteiger partial charge in [-0.15, -0.1) is 0 Å². The molecule has 128 valence electrons. The van der Waals surface area contributed by atoms with E-state index in [-0.39, 0.29) is 11.9 Å². The van der Waals surface area contributed by atoms with Crippen LogP contribution in [0.5, 0.6) is 0 Å². The molecule has 0 spiro atoms. The lowest BCUT2D eigenvalue weighted by atomic mass is 10.0. The van der Waals surface area contributed by atoms with Gasteiger partial charge < -0.3 is 9.84 Å². The third kappa shape index (κ3) is 3.82. The van der Waals surface area contributed by atoms with Gasteiger partial charge in [0.15, 0.2) is 0 Å². The normalized spacial score (nSPS) is 18.5. The van der Waals surface area contributed by atoms with E-state index in [1.807, 2.05) is 32.9 Å². The summed E-state index contributed by atoms with van der Waals surface area (Å²) in [5.74, 6) is 0.830. The van der Waals surface area contributed by atoms with Crippen LogP contribution in [-0.2, 0) is 6.54 Å². The summed E-state index contributed by atoms with van der Waals surface area (Å²) in [5, 5.41) is 7.15. The van der Waals surface area contributed by atoms with Gasteiger partial charge in [-0.05, 0) is 52.3 Å². The average molecular weight is 328 g/mol. The summed E-state index contributed by atoms with van der Waals surface area (Å²) in [5.41, 5.74) is 3.63. The van der Waals surface area contributed by atoms with Crippen molar-refractivity contribution in [2.75, 3.05) is 13.1 Å². The Morgan fingerprint density at radius 3 is 2.88 bits per heavy atom. The summed E-state index contributed by atoms with van der Waals surface area (Å²) in [7, 11) is 0. The summed E-state index contributed by atoms with van der Waals surface area (Å²) in [6.07, 6.45) is 3.71. The van der Waals surface area contributed by atoms with Gasteiger partial charge in [0.1, 0.15) is 5.76 Å². The first-order chi connectivity index (χ1) is 11.5. The van der Waals surface area contributed by atoms with Crippen molar-refractivity contribution in [1.82, 2.24) is 20.4 Å². The first-order valence-corrected chi connectivity index (χ1v) is 8.40. The Balaban J connectivity index is 1.59. The minimum absolute atomic E-state index is 0.0494. The lowest BCUT2D eigenvalue weighted by Crippen LogP contribution is -2.47. The van der Waals surface area contributed by atoms with E-state index in [9.17, 15) is 4.79 Å². The molecule has 1 aliphatic heterocycles. The number of aryl methyl sites for hydroxylation is 3. The number of likely N-dealkylation sites (tertiary alicyclic amines) is 1. The van der Waals surface area contributed by atoms with Gasteiger partial charge in [0.05, 0.1) is 11.3 Å². The van der Waals surface area contributed by atoms with Gasteiger partial charge >= 0.3 is 0 Å². The van der Waals surface area contributed by atoms with E-state index in [4.69, 9.17) is 4.52 Å². The summed E-state index contributed by atoms with van der Waals surface area (Å²) >= 11 is 0. The van der Waals surface area contributed by atoms with Crippen molar-refractivity contribution in [3.63, 3.8) is 0 Å².